The predicted octanol–water partition coefficient (Wildman–Crippen LogP) is 2.43. The van der Waals surface area contributed by atoms with Crippen molar-refractivity contribution < 1.29 is 0 Å². The van der Waals surface area contributed by atoms with Crippen molar-refractivity contribution >= 4 is 5.57 Å². The molecule has 2 rings (SSSR count). The Labute approximate surface area is 93.7 Å². The van der Waals surface area contributed by atoms with E-state index in [4.69, 9.17) is 5.26 Å². The van der Waals surface area contributed by atoms with Gasteiger partial charge in [-0.05, 0) is 41.0 Å². The highest BCUT2D eigenvalue weighted by atomic mass is 14.6. The molecule has 0 radical (unpaired) electrons. The molecule has 2 aromatic rings. The second-order valence-corrected chi connectivity index (χ2v) is 3.16. The van der Waals surface area contributed by atoms with Crippen LogP contribution in [0.5, 0.6) is 0 Å². The second kappa shape index (κ2) is 4.85. The largest absolute Gasteiger partial charge is 0.265 e. The first kappa shape index (κ1) is 10.1. The van der Waals surface area contributed by atoms with E-state index in [1.807, 2.05) is 24.3 Å². The predicted molar refractivity (Wildman–Crippen MR) is 61.2 cm³/mol. The van der Waals surface area contributed by atoms with Gasteiger partial charge in [-0.25, -0.2) is 0 Å². The summed E-state index contributed by atoms with van der Waals surface area (Å²) in [6.45, 7) is 0. The molecular formula is C13H9N3. The van der Waals surface area contributed by atoms with Crippen molar-refractivity contribution in [3.63, 3.8) is 0 Å². The number of hydrogen-bond acceptors (Lipinski definition) is 3. The lowest BCUT2D eigenvalue weighted by Crippen LogP contribution is -1.88. The van der Waals surface area contributed by atoms with Crippen LogP contribution in [-0.4, -0.2) is 9.97 Å². The van der Waals surface area contributed by atoms with Gasteiger partial charge in [-0.2, -0.15) is 5.26 Å². The average molecular weight is 207 g/mol. The summed E-state index contributed by atoms with van der Waals surface area (Å²) in [7, 11) is 0. The van der Waals surface area contributed by atoms with Crippen LogP contribution in [-0.2, 0) is 0 Å². The first-order chi connectivity index (χ1) is 7.92. The second-order valence-electron chi connectivity index (χ2n) is 3.16. The van der Waals surface area contributed by atoms with Crippen LogP contribution in [0.3, 0.4) is 0 Å². The molecule has 3 heteroatoms. The van der Waals surface area contributed by atoms with Crippen LogP contribution >= 0.6 is 0 Å². The zero-order valence-electron chi connectivity index (χ0n) is 8.54. The molecule has 0 aliphatic carbocycles. The molecule has 16 heavy (non-hydrogen) atoms. The number of pyridine rings is 2. The maximum Gasteiger partial charge on any atom is 0.0918 e. The van der Waals surface area contributed by atoms with Crippen LogP contribution in [0.15, 0.2) is 55.1 Å². The van der Waals surface area contributed by atoms with E-state index in [1.165, 1.54) is 6.08 Å². The lowest BCUT2D eigenvalue weighted by molar-refractivity contribution is 1.30. The normalized spacial score (nSPS) is 9.19. The Bertz CT molecular complexity index is 483. The summed E-state index contributed by atoms with van der Waals surface area (Å²) >= 11 is 0. The fourth-order valence-electron chi connectivity index (χ4n) is 1.46. The summed E-state index contributed by atoms with van der Waals surface area (Å²) in [6, 6.07) is 9.58. The molecule has 2 aromatic heterocycles. The fourth-order valence-corrected chi connectivity index (χ4v) is 1.46. The van der Waals surface area contributed by atoms with Gasteiger partial charge in [-0.3, -0.25) is 9.97 Å². The first-order valence-electron chi connectivity index (χ1n) is 4.82. The highest BCUT2D eigenvalue weighted by molar-refractivity contribution is 5.80. The van der Waals surface area contributed by atoms with Gasteiger partial charge in [0, 0.05) is 30.9 Å². The Morgan fingerprint density at radius 2 is 1.38 bits per heavy atom. The van der Waals surface area contributed by atoms with Gasteiger partial charge in [0.15, 0.2) is 0 Å². The number of nitrogens with zero attached hydrogens (tertiary/aromatic N) is 3. The highest BCUT2D eigenvalue weighted by Gasteiger charge is 2.03. The molecule has 0 aliphatic heterocycles. The lowest BCUT2D eigenvalue weighted by atomic mass is 10.00. The molecule has 0 bridgehead atoms. The molecule has 0 fully saturated rings. The quantitative estimate of drug-likeness (QED) is 0.710. The van der Waals surface area contributed by atoms with Crippen molar-refractivity contribution in [2.75, 3.05) is 0 Å². The number of hydrogen-bond donors (Lipinski definition) is 0. The standard InChI is InChI=1S/C13H9N3/c14-6-1-13(11-2-7-15-8-3-11)12-4-9-16-10-5-12/h1-5,7-10H. The Kier molecular flexibility index (Phi) is 3.05. The van der Waals surface area contributed by atoms with Gasteiger partial charge in [0.2, 0.25) is 0 Å². The van der Waals surface area contributed by atoms with Gasteiger partial charge in [-0.15, -0.1) is 0 Å². The van der Waals surface area contributed by atoms with E-state index in [0.717, 1.165) is 16.7 Å². The molecule has 0 saturated heterocycles. The maximum absolute atomic E-state index is 8.80. The van der Waals surface area contributed by atoms with Crippen molar-refractivity contribution in [2.45, 2.75) is 0 Å². The smallest absolute Gasteiger partial charge is 0.0918 e. The van der Waals surface area contributed by atoms with E-state index in [9.17, 15) is 0 Å². The number of aromatic nitrogens is 2. The third kappa shape index (κ3) is 2.12. The van der Waals surface area contributed by atoms with Gasteiger partial charge >= 0.3 is 0 Å². The van der Waals surface area contributed by atoms with E-state index in [0.29, 0.717) is 0 Å². The van der Waals surface area contributed by atoms with Gasteiger partial charge in [-0.1, -0.05) is 0 Å². The van der Waals surface area contributed by atoms with E-state index in [-0.39, 0.29) is 0 Å². The van der Waals surface area contributed by atoms with E-state index >= 15 is 0 Å². The van der Waals surface area contributed by atoms with Crippen molar-refractivity contribution in [2.24, 2.45) is 0 Å². The third-order valence-electron chi connectivity index (χ3n) is 2.19. The Hall–Kier alpha value is -2.47. The maximum atomic E-state index is 8.80. The fraction of sp³-hybridized carbons (Fsp3) is 0. The van der Waals surface area contributed by atoms with Crippen LogP contribution in [0.2, 0.25) is 0 Å². The molecular weight excluding hydrogens is 198 g/mol. The number of rotatable bonds is 2. The number of nitriles is 1. The van der Waals surface area contributed by atoms with Crippen LogP contribution in [0.25, 0.3) is 5.57 Å². The minimum atomic E-state index is 0.882. The van der Waals surface area contributed by atoms with E-state index in [1.54, 1.807) is 24.8 Å². The molecule has 76 valence electrons. The molecule has 2 heterocycles. The van der Waals surface area contributed by atoms with Gasteiger partial charge in [0.1, 0.15) is 0 Å². The van der Waals surface area contributed by atoms with Crippen molar-refractivity contribution in [1.82, 2.24) is 9.97 Å². The molecule has 0 spiro atoms. The molecule has 0 aliphatic rings. The van der Waals surface area contributed by atoms with Crippen molar-refractivity contribution in [3.05, 3.63) is 66.3 Å². The summed E-state index contributed by atoms with van der Waals surface area (Å²) in [5.41, 5.74) is 2.83. The summed E-state index contributed by atoms with van der Waals surface area (Å²) < 4.78 is 0. The topological polar surface area (TPSA) is 49.6 Å². The zero-order chi connectivity index (χ0) is 11.2. The molecule has 0 aromatic carbocycles. The minimum absolute atomic E-state index is 0.882. The Morgan fingerprint density at radius 1 is 0.938 bits per heavy atom. The lowest BCUT2D eigenvalue weighted by Gasteiger charge is -2.05. The molecule has 0 unspecified atom stereocenters. The van der Waals surface area contributed by atoms with Gasteiger partial charge < -0.3 is 0 Å². The molecule has 0 atom stereocenters. The highest BCUT2D eigenvalue weighted by Crippen LogP contribution is 2.21. The summed E-state index contributed by atoms with van der Waals surface area (Å²) in [4.78, 5) is 7.92. The number of allylic oxidation sites excluding steroid dienone is 1. The van der Waals surface area contributed by atoms with E-state index < -0.39 is 0 Å². The average Bonchev–Trinajstić information content (AvgIpc) is 2.38. The van der Waals surface area contributed by atoms with E-state index in [2.05, 4.69) is 16.0 Å². The third-order valence-corrected chi connectivity index (χ3v) is 2.19. The summed E-state index contributed by atoms with van der Waals surface area (Å²) in [6.07, 6.45) is 8.37. The Balaban J connectivity index is 2.50. The van der Waals surface area contributed by atoms with Crippen LogP contribution < -0.4 is 0 Å². The van der Waals surface area contributed by atoms with Crippen LogP contribution in [0.1, 0.15) is 11.1 Å². The van der Waals surface area contributed by atoms with Gasteiger partial charge in [0.05, 0.1) is 6.07 Å². The Morgan fingerprint density at radius 3 is 1.75 bits per heavy atom. The molecule has 0 N–H and O–H groups in total. The van der Waals surface area contributed by atoms with Crippen molar-refractivity contribution in [1.29, 1.82) is 5.26 Å². The molecule has 0 amide bonds. The van der Waals surface area contributed by atoms with Crippen LogP contribution in [0, 0.1) is 11.3 Å². The molecule has 0 saturated carbocycles. The zero-order valence-corrected chi connectivity index (χ0v) is 8.54. The van der Waals surface area contributed by atoms with Gasteiger partial charge in [0.25, 0.3) is 0 Å². The minimum Gasteiger partial charge on any atom is -0.265 e. The molecule has 3 nitrogen and oxygen atoms in total. The van der Waals surface area contributed by atoms with Crippen LogP contribution in [0.4, 0.5) is 0 Å². The first-order valence-corrected chi connectivity index (χ1v) is 4.82. The SMILES string of the molecule is N#CC=C(c1ccncc1)c1ccncc1. The van der Waals surface area contributed by atoms with Crippen molar-refractivity contribution in [3.8, 4) is 6.07 Å². The summed E-state index contributed by atoms with van der Waals surface area (Å²) in [5, 5.41) is 8.80. The summed E-state index contributed by atoms with van der Waals surface area (Å²) in [5.74, 6) is 0. The monoisotopic (exact) mass is 207 g/mol.